The Morgan fingerprint density at radius 2 is 1.87 bits per heavy atom. The topological polar surface area (TPSA) is 104 Å². The number of rotatable bonds is 5. The van der Waals surface area contributed by atoms with Crippen molar-refractivity contribution in [3.63, 3.8) is 0 Å². The fraction of sp³-hybridized carbons (Fsp3) is 0.190. The van der Waals surface area contributed by atoms with Crippen LogP contribution >= 0.6 is 23.2 Å². The average Bonchev–Trinajstić information content (AvgIpc) is 3.15. The number of halogens is 2. The molecule has 0 saturated heterocycles. The summed E-state index contributed by atoms with van der Waals surface area (Å²) in [5.41, 5.74) is 8.02. The van der Waals surface area contributed by atoms with E-state index in [0.717, 1.165) is 5.56 Å². The molecule has 4 rings (SSSR count). The van der Waals surface area contributed by atoms with E-state index in [1.165, 1.54) is 0 Å². The second-order valence-electron chi connectivity index (χ2n) is 6.87. The third kappa shape index (κ3) is 3.68. The molecule has 0 radical (unpaired) electrons. The second-order valence-corrected chi connectivity index (χ2v) is 7.72. The maximum Gasteiger partial charge on any atom is 0.248 e. The summed E-state index contributed by atoms with van der Waals surface area (Å²) >= 11 is 12.4. The summed E-state index contributed by atoms with van der Waals surface area (Å²) in [4.78, 5) is 17.0. The predicted molar refractivity (Wildman–Crippen MR) is 119 cm³/mol. The summed E-state index contributed by atoms with van der Waals surface area (Å²) in [6.45, 7) is 1.76. The van der Waals surface area contributed by atoms with Gasteiger partial charge in [-0.25, -0.2) is 4.68 Å². The van der Waals surface area contributed by atoms with Gasteiger partial charge in [-0.2, -0.15) is 4.98 Å². The number of nitrogens with zero attached hydrogens (tertiary/aromatic N) is 3. The van der Waals surface area contributed by atoms with E-state index in [1.807, 2.05) is 6.07 Å². The number of allylic oxidation sites excluding steroid dienone is 1. The number of amides is 1. The lowest BCUT2D eigenvalue weighted by Gasteiger charge is -2.28. The van der Waals surface area contributed by atoms with Crippen LogP contribution in [0.5, 0.6) is 11.5 Å². The Morgan fingerprint density at radius 3 is 2.52 bits per heavy atom. The van der Waals surface area contributed by atoms with Crippen LogP contribution in [0, 0.1) is 0 Å². The molecule has 1 unspecified atom stereocenters. The van der Waals surface area contributed by atoms with Gasteiger partial charge >= 0.3 is 0 Å². The van der Waals surface area contributed by atoms with E-state index in [1.54, 1.807) is 56.2 Å². The lowest BCUT2D eigenvalue weighted by molar-refractivity contribution is -0.115. The van der Waals surface area contributed by atoms with Crippen LogP contribution in [-0.4, -0.2) is 34.9 Å². The van der Waals surface area contributed by atoms with Gasteiger partial charge in [-0.3, -0.25) is 4.79 Å². The molecule has 31 heavy (non-hydrogen) atoms. The Morgan fingerprint density at radius 1 is 1.13 bits per heavy atom. The molecule has 2 heterocycles. The number of hydrogen-bond acceptors (Lipinski definition) is 6. The number of fused-ring (bicyclic) bond motifs is 1. The summed E-state index contributed by atoms with van der Waals surface area (Å²) in [6, 6.07) is 9.82. The van der Waals surface area contributed by atoms with Gasteiger partial charge in [0.05, 0.1) is 24.8 Å². The largest absolute Gasteiger partial charge is 0.493 e. The van der Waals surface area contributed by atoms with Gasteiger partial charge in [0.15, 0.2) is 17.3 Å². The molecule has 8 nitrogen and oxygen atoms in total. The lowest BCUT2D eigenvalue weighted by atomic mass is 9.95. The van der Waals surface area contributed by atoms with Gasteiger partial charge in [0, 0.05) is 16.3 Å². The second kappa shape index (κ2) is 8.13. The van der Waals surface area contributed by atoms with E-state index < -0.39 is 11.9 Å². The molecule has 0 spiro atoms. The molecule has 0 aliphatic carbocycles. The van der Waals surface area contributed by atoms with Crippen LogP contribution in [0.1, 0.15) is 18.5 Å². The normalized spacial score (nSPS) is 15.3. The van der Waals surface area contributed by atoms with Crippen molar-refractivity contribution in [2.45, 2.75) is 13.0 Å². The molecule has 10 heteroatoms. The third-order valence-corrected chi connectivity index (χ3v) is 5.56. The number of aromatic nitrogens is 3. The number of benzene rings is 2. The van der Waals surface area contributed by atoms with E-state index in [9.17, 15) is 4.79 Å². The van der Waals surface area contributed by atoms with Crippen LogP contribution in [0.4, 0.5) is 5.95 Å². The number of nitrogens with one attached hydrogen (secondary N) is 1. The molecule has 160 valence electrons. The van der Waals surface area contributed by atoms with Crippen LogP contribution in [0.3, 0.4) is 0 Å². The standard InChI is InChI=1S/C21H19Cl2N5O3/c1-10-17(19(24)29)18(11-4-7-15(30-2)16(8-11)31-3)28-21(25-10)26-20(27-28)13-6-5-12(22)9-14(13)23/h4-9,18H,1-3H3,(H2,24,29)(H,25,26,27). The van der Waals surface area contributed by atoms with Gasteiger partial charge in [0.25, 0.3) is 0 Å². The number of ether oxygens (including phenoxy) is 2. The highest BCUT2D eigenvalue weighted by atomic mass is 35.5. The summed E-state index contributed by atoms with van der Waals surface area (Å²) in [5, 5.41) is 8.66. The monoisotopic (exact) mass is 459 g/mol. The first-order valence-electron chi connectivity index (χ1n) is 9.25. The highest BCUT2D eigenvalue weighted by Gasteiger charge is 2.34. The predicted octanol–water partition coefficient (Wildman–Crippen LogP) is 4.04. The molecule has 1 aromatic heterocycles. The zero-order chi connectivity index (χ0) is 22.3. The molecule has 3 N–H and O–H groups in total. The van der Waals surface area contributed by atoms with Gasteiger partial charge in [0.2, 0.25) is 11.9 Å². The fourth-order valence-corrected chi connectivity index (χ4v) is 4.08. The number of carbonyl (C=O) groups excluding carboxylic acids is 1. The summed E-state index contributed by atoms with van der Waals surface area (Å²) < 4.78 is 12.4. The number of nitrogens with two attached hydrogens (primary N) is 1. The van der Waals surface area contributed by atoms with Crippen LogP contribution in [-0.2, 0) is 4.79 Å². The molecule has 3 aromatic rings. The minimum atomic E-state index is -0.624. The molecular weight excluding hydrogens is 441 g/mol. The highest BCUT2D eigenvalue weighted by Crippen LogP contribution is 2.40. The van der Waals surface area contributed by atoms with Gasteiger partial charge in [-0.15, -0.1) is 5.10 Å². The van der Waals surface area contributed by atoms with Crippen molar-refractivity contribution >= 4 is 35.1 Å². The Labute approximate surface area is 188 Å². The van der Waals surface area contributed by atoms with Crippen molar-refractivity contribution in [2.24, 2.45) is 5.73 Å². The smallest absolute Gasteiger partial charge is 0.248 e. The van der Waals surface area contributed by atoms with E-state index >= 15 is 0 Å². The number of hydrogen-bond donors (Lipinski definition) is 2. The number of carbonyl (C=O) groups is 1. The summed E-state index contributed by atoms with van der Waals surface area (Å²) in [5.74, 6) is 1.34. The minimum absolute atomic E-state index is 0.360. The van der Waals surface area contributed by atoms with Gasteiger partial charge in [-0.1, -0.05) is 29.3 Å². The molecule has 1 aliphatic rings. The van der Waals surface area contributed by atoms with Crippen molar-refractivity contribution in [3.05, 3.63) is 63.3 Å². The van der Waals surface area contributed by atoms with Crippen molar-refractivity contribution in [3.8, 4) is 22.9 Å². The Kier molecular flexibility index (Phi) is 5.51. The maximum atomic E-state index is 12.4. The van der Waals surface area contributed by atoms with Crippen LogP contribution in [0.25, 0.3) is 11.4 Å². The number of methoxy groups -OCH3 is 2. The quantitative estimate of drug-likeness (QED) is 0.596. The Balaban J connectivity index is 1.90. The van der Waals surface area contributed by atoms with Crippen LogP contribution in [0.2, 0.25) is 10.0 Å². The van der Waals surface area contributed by atoms with Gasteiger partial charge in [-0.05, 0) is 42.8 Å². The number of anilines is 1. The van der Waals surface area contributed by atoms with Crippen LogP contribution in [0.15, 0.2) is 47.7 Å². The van der Waals surface area contributed by atoms with Gasteiger partial charge < -0.3 is 20.5 Å². The third-order valence-electron chi connectivity index (χ3n) is 5.01. The first-order chi connectivity index (χ1) is 14.8. The average molecular weight is 460 g/mol. The fourth-order valence-electron chi connectivity index (χ4n) is 3.59. The highest BCUT2D eigenvalue weighted by molar-refractivity contribution is 6.36. The zero-order valence-corrected chi connectivity index (χ0v) is 18.5. The molecule has 1 atom stereocenters. The lowest BCUT2D eigenvalue weighted by Crippen LogP contribution is -2.31. The molecule has 1 aliphatic heterocycles. The van der Waals surface area contributed by atoms with Crippen molar-refractivity contribution in [1.82, 2.24) is 14.8 Å². The van der Waals surface area contributed by atoms with Crippen LogP contribution < -0.4 is 20.5 Å². The van der Waals surface area contributed by atoms with E-state index in [0.29, 0.717) is 50.2 Å². The number of primary amides is 1. The van der Waals surface area contributed by atoms with Gasteiger partial charge in [0.1, 0.15) is 6.04 Å². The maximum absolute atomic E-state index is 12.4. The molecule has 0 bridgehead atoms. The molecule has 2 aromatic carbocycles. The first-order valence-corrected chi connectivity index (χ1v) is 10.0. The first kappa shape index (κ1) is 21.0. The van der Waals surface area contributed by atoms with E-state index in [4.69, 9.17) is 38.4 Å². The zero-order valence-electron chi connectivity index (χ0n) is 16.9. The van der Waals surface area contributed by atoms with Crippen molar-refractivity contribution in [1.29, 1.82) is 0 Å². The van der Waals surface area contributed by atoms with Crippen molar-refractivity contribution in [2.75, 3.05) is 19.5 Å². The summed E-state index contributed by atoms with van der Waals surface area (Å²) in [6.07, 6.45) is 0. The SMILES string of the molecule is COc1ccc(C2C(C(N)=O)=C(C)Nc3nc(-c4ccc(Cl)cc4Cl)nn32)cc1OC. The Bertz CT molecular complexity index is 1220. The molecule has 0 saturated carbocycles. The molecule has 0 fully saturated rings. The molecular formula is C21H19Cl2N5O3. The molecule has 1 amide bonds. The van der Waals surface area contributed by atoms with E-state index in [-0.39, 0.29) is 0 Å². The minimum Gasteiger partial charge on any atom is -0.493 e. The van der Waals surface area contributed by atoms with E-state index in [2.05, 4.69) is 15.4 Å². The van der Waals surface area contributed by atoms with Crippen molar-refractivity contribution < 1.29 is 14.3 Å². The Hall–Kier alpha value is -3.23. The summed E-state index contributed by atoms with van der Waals surface area (Å²) in [7, 11) is 3.10.